The van der Waals surface area contributed by atoms with Crippen LogP contribution in [0.2, 0.25) is 0 Å². The Morgan fingerprint density at radius 3 is 1.81 bits per heavy atom. The summed E-state index contributed by atoms with van der Waals surface area (Å²) in [4.78, 5) is 12.3. The van der Waals surface area contributed by atoms with Gasteiger partial charge in [0.2, 0.25) is 0 Å². The van der Waals surface area contributed by atoms with Crippen molar-refractivity contribution in [2.75, 3.05) is 27.4 Å². The molecule has 21 heavy (non-hydrogen) atoms. The Bertz CT molecular complexity index is 573. The molecule has 4 nitrogen and oxygen atoms in total. The average Bonchev–Trinajstić information content (AvgIpc) is 2.55. The second kappa shape index (κ2) is 7.45. The molecule has 2 aromatic carbocycles. The second-order valence-electron chi connectivity index (χ2n) is 4.42. The van der Waals surface area contributed by atoms with Crippen LogP contribution in [0.3, 0.4) is 0 Å². The molecule has 0 aliphatic rings. The number of ketones is 1. The van der Waals surface area contributed by atoms with E-state index in [-0.39, 0.29) is 5.78 Å². The smallest absolute Gasteiger partial charge is 0.193 e. The van der Waals surface area contributed by atoms with Crippen LogP contribution in [-0.4, -0.2) is 33.2 Å². The van der Waals surface area contributed by atoms with Gasteiger partial charge in [-0.3, -0.25) is 4.79 Å². The van der Waals surface area contributed by atoms with Gasteiger partial charge in [0, 0.05) is 18.2 Å². The van der Waals surface area contributed by atoms with Gasteiger partial charge in [-0.1, -0.05) is 0 Å². The summed E-state index contributed by atoms with van der Waals surface area (Å²) in [5.41, 5.74) is 1.25. The summed E-state index contributed by atoms with van der Waals surface area (Å²) in [7, 11) is 3.22. The maximum absolute atomic E-state index is 12.3. The summed E-state index contributed by atoms with van der Waals surface area (Å²) < 4.78 is 15.5. The molecule has 110 valence electrons. The third-order valence-corrected chi connectivity index (χ3v) is 3.02. The Balaban J connectivity index is 2.04. The zero-order valence-electron chi connectivity index (χ0n) is 12.2. The molecule has 0 saturated heterocycles. The highest BCUT2D eigenvalue weighted by Gasteiger charge is 2.09. The molecule has 2 aromatic rings. The fourth-order valence-corrected chi connectivity index (χ4v) is 1.85. The zero-order valence-corrected chi connectivity index (χ0v) is 12.2. The van der Waals surface area contributed by atoms with Gasteiger partial charge >= 0.3 is 0 Å². The van der Waals surface area contributed by atoms with Gasteiger partial charge in [0.1, 0.15) is 18.1 Å². The molecule has 0 bridgehead atoms. The van der Waals surface area contributed by atoms with Crippen LogP contribution < -0.4 is 9.47 Å². The molecule has 0 radical (unpaired) electrons. The fourth-order valence-electron chi connectivity index (χ4n) is 1.85. The number of rotatable bonds is 7. The number of carbonyl (C=O) groups is 1. The molecule has 0 spiro atoms. The van der Waals surface area contributed by atoms with E-state index in [2.05, 4.69) is 0 Å². The van der Waals surface area contributed by atoms with Crippen LogP contribution in [0, 0.1) is 0 Å². The van der Waals surface area contributed by atoms with E-state index < -0.39 is 0 Å². The predicted octanol–water partition coefficient (Wildman–Crippen LogP) is 2.95. The lowest BCUT2D eigenvalue weighted by molar-refractivity contribution is 0.103. The van der Waals surface area contributed by atoms with Crippen molar-refractivity contribution in [1.82, 2.24) is 0 Å². The molecule has 0 heterocycles. The van der Waals surface area contributed by atoms with Gasteiger partial charge in [-0.25, -0.2) is 0 Å². The fraction of sp³-hybridized carbons (Fsp3) is 0.235. The van der Waals surface area contributed by atoms with Gasteiger partial charge < -0.3 is 14.2 Å². The average molecular weight is 286 g/mol. The van der Waals surface area contributed by atoms with E-state index in [1.54, 1.807) is 62.8 Å². The first kappa shape index (κ1) is 15.1. The highest BCUT2D eigenvalue weighted by Crippen LogP contribution is 2.17. The normalized spacial score (nSPS) is 10.2. The number of benzene rings is 2. The van der Waals surface area contributed by atoms with Crippen LogP contribution in [-0.2, 0) is 4.74 Å². The van der Waals surface area contributed by atoms with E-state index in [1.165, 1.54) is 0 Å². The predicted molar refractivity (Wildman–Crippen MR) is 80.2 cm³/mol. The monoisotopic (exact) mass is 286 g/mol. The van der Waals surface area contributed by atoms with Crippen molar-refractivity contribution in [1.29, 1.82) is 0 Å². The van der Waals surface area contributed by atoms with Crippen molar-refractivity contribution in [3.8, 4) is 11.5 Å². The minimum atomic E-state index is -0.0268. The number of hydrogen-bond donors (Lipinski definition) is 0. The van der Waals surface area contributed by atoms with E-state index in [4.69, 9.17) is 14.2 Å². The maximum atomic E-state index is 12.3. The standard InChI is InChI=1S/C17H18O4/c1-19-11-12-21-16-9-5-14(6-10-16)17(18)13-3-7-15(20-2)8-4-13/h3-10H,11-12H2,1-2H3. The van der Waals surface area contributed by atoms with Crippen molar-refractivity contribution in [3.05, 3.63) is 59.7 Å². The van der Waals surface area contributed by atoms with Crippen molar-refractivity contribution in [2.45, 2.75) is 0 Å². The summed E-state index contributed by atoms with van der Waals surface area (Å²) in [5.74, 6) is 1.42. The molecule has 0 amide bonds. The molecule has 0 aliphatic carbocycles. The summed E-state index contributed by atoms with van der Waals surface area (Å²) in [6.07, 6.45) is 0. The Morgan fingerprint density at radius 1 is 0.810 bits per heavy atom. The minimum absolute atomic E-state index is 0.0268. The third-order valence-electron chi connectivity index (χ3n) is 3.02. The van der Waals surface area contributed by atoms with Gasteiger partial charge in [-0.05, 0) is 48.5 Å². The maximum Gasteiger partial charge on any atom is 0.193 e. The van der Waals surface area contributed by atoms with Crippen molar-refractivity contribution in [2.24, 2.45) is 0 Å². The van der Waals surface area contributed by atoms with Gasteiger partial charge in [0.15, 0.2) is 5.78 Å². The van der Waals surface area contributed by atoms with Gasteiger partial charge in [0.25, 0.3) is 0 Å². The second-order valence-corrected chi connectivity index (χ2v) is 4.42. The zero-order chi connectivity index (χ0) is 15.1. The van der Waals surface area contributed by atoms with E-state index >= 15 is 0 Å². The Labute approximate surface area is 124 Å². The highest BCUT2D eigenvalue weighted by molar-refractivity contribution is 6.09. The quantitative estimate of drug-likeness (QED) is 0.580. The molecular formula is C17H18O4. The Kier molecular flexibility index (Phi) is 5.35. The van der Waals surface area contributed by atoms with Gasteiger partial charge in [0.05, 0.1) is 13.7 Å². The molecule has 0 saturated carbocycles. The van der Waals surface area contributed by atoms with E-state index in [0.29, 0.717) is 24.3 Å². The Morgan fingerprint density at radius 2 is 1.33 bits per heavy atom. The van der Waals surface area contributed by atoms with E-state index in [1.807, 2.05) is 0 Å². The largest absolute Gasteiger partial charge is 0.497 e. The molecule has 0 atom stereocenters. The van der Waals surface area contributed by atoms with Crippen LogP contribution in [0.15, 0.2) is 48.5 Å². The molecule has 0 fully saturated rings. The van der Waals surface area contributed by atoms with Crippen LogP contribution in [0.5, 0.6) is 11.5 Å². The topological polar surface area (TPSA) is 44.8 Å². The van der Waals surface area contributed by atoms with Crippen molar-refractivity contribution >= 4 is 5.78 Å². The van der Waals surface area contributed by atoms with E-state index in [9.17, 15) is 4.79 Å². The van der Waals surface area contributed by atoms with Crippen molar-refractivity contribution in [3.63, 3.8) is 0 Å². The summed E-state index contributed by atoms with van der Waals surface area (Å²) in [6, 6.07) is 14.1. The lowest BCUT2D eigenvalue weighted by atomic mass is 10.0. The minimum Gasteiger partial charge on any atom is -0.497 e. The molecule has 0 unspecified atom stereocenters. The van der Waals surface area contributed by atoms with Crippen LogP contribution in [0.1, 0.15) is 15.9 Å². The van der Waals surface area contributed by atoms with Crippen LogP contribution in [0.4, 0.5) is 0 Å². The number of ether oxygens (including phenoxy) is 3. The molecule has 0 aliphatic heterocycles. The molecule has 2 rings (SSSR count). The molecule has 4 heteroatoms. The lowest BCUT2D eigenvalue weighted by Gasteiger charge is -2.07. The van der Waals surface area contributed by atoms with E-state index in [0.717, 1.165) is 11.5 Å². The molecule has 0 N–H and O–H groups in total. The molecule has 0 aromatic heterocycles. The first-order valence-electron chi connectivity index (χ1n) is 6.65. The number of methoxy groups -OCH3 is 2. The van der Waals surface area contributed by atoms with Gasteiger partial charge in [-0.15, -0.1) is 0 Å². The van der Waals surface area contributed by atoms with Gasteiger partial charge in [-0.2, -0.15) is 0 Å². The third kappa shape index (κ3) is 4.07. The number of carbonyl (C=O) groups excluding carboxylic acids is 1. The molecular weight excluding hydrogens is 268 g/mol. The SMILES string of the molecule is COCCOc1ccc(C(=O)c2ccc(OC)cc2)cc1. The summed E-state index contributed by atoms with van der Waals surface area (Å²) >= 11 is 0. The highest BCUT2D eigenvalue weighted by atomic mass is 16.5. The van der Waals surface area contributed by atoms with Crippen LogP contribution in [0.25, 0.3) is 0 Å². The lowest BCUT2D eigenvalue weighted by Crippen LogP contribution is -2.05. The Hall–Kier alpha value is -2.33. The summed E-state index contributed by atoms with van der Waals surface area (Å²) in [6.45, 7) is 1.02. The summed E-state index contributed by atoms with van der Waals surface area (Å²) in [5, 5.41) is 0. The van der Waals surface area contributed by atoms with Crippen LogP contribution >= 0.6 is 0 Å². The first-order valence-corrected chi connectivity index (χ1v) is 6.65. The first-order chi connectivity index (χ1) is 10.2. The van der Waals surface area contributed by atoms with Crippen molar-refractivity contribution < 1.29 is 19.0 Å². The number of hydrogen-bond acceptors (Lipinski definition) is 4.